The molecule has 11 nitrogen and oxygen atoms in total. The summed E-state index contributed by atoms with van der Waals surface area (Å²) in [6.07, 6.45) is -1.54. The number of amides is 1. The van der Waals surface area contributed by atoms with E-state index in [1.54, 1.807) is 12.1 Å². The number of nitrogens with one attached hydrogen (secondary N) is 1. The maximum absolute atomic E-state index is 12.2. The monoisotopic (exact) mass is 425 g/mol. The molecule has 0 aromatic heterocycles. The number of methoxy groups -OCH3 is 3. The lowest BCUT2D eigenvalue weighted by atomic mass is 10.1. The zero-order valence-electron chi connectivity index (χ0n) is 17.0. The lowest BCUT2D eigenvalue weighted by Crippen LogP contribution is -2.42. The second-order valence-corrected chi connectivity index (χ2v) is 5.83. The van der Waals surface area contributed by atoms with Crippen molar-refractivity contribution in [2.24, 2.45) is 0 Å². The topological polar surface area (TPSA) is 144 Å². The number of carbonyl (C=O) groups excluding carboxylic acids is 5. The second-order valence-electron chi connectivity index (χ2n) is 5.83. The van der Waals surface area contributed by atoms with E-state index in [0.29, 0.717) is 5.56 Å². The van der Waals surface area contributed by atoms with Gasteiger partial charge in [0.15, 0.2) is 6.61 Å². The van der Waals surface area contributed by atoms with Crippen molar-refractivity contribution in [1.29, 1.82) is 0 Å². The van der Waals surface area contributed by atoms with E-state index in [1.165, 1.54) is 19.1 Å². The molecule has 11 heteroatoms. The maximum atomic E-state index is 12.2. The van der Waals surface area contributed by atoms with E-state index in [0.717, 1.165) is 21.3 Å². The van der Waals surface area contributed by atoms with Crippen LogP contribution in [-0.4, -0.2) is 69.9 Å². The molecule has 1 unspecified atom stereocenters. The average Bonchev–Trinajstić information content (AvgIpc) is 2.74. The molecular weight excluding hydrogens is 402 g/mol. The summed E-state index contributed by atoms with van der Waals surface area (Å²) < 4.78 is 23.5. The van der Waals surface area contributed by atoms with E-state index in [9.17, 15) is 24.0 Å². The van der Waals surface area contributed by atoms with Crippen molar-refractivity contribution in [2.45, 2.75) is 25.5 Å². The smallest absolute Gasteiger partial charge is 0.359 e. The van der Waals surface area contributed by atoms with Crippen molar-refractivity contribution in [3.8, 4) is 5.75 Å². The minimum atomic E-state index is -1.59. The van der Waals surface area contributed by atoms with Crippen LogP contribution < -0.4 is 10.1 Å². The summed E-state index contributed by atoms with van der Waals surface area (Å²) in [6.45, 7) is 0.651. The van der Waals surface area contributed by atoms with E-state index >= 15 is 0 Å². The Morgan fingerprint density at radius 3 is 1.90 bits per heavy atom. The van der Waals surface area contributed by atoms with Crippen molar-refractivity contribution < 1.29 is 47.7 Å². The number of hydrogen-bond acceptors (Lipinski definition) is 10. The molecule has 0 saturated carbocycles. The van der Waals surface area contributed by atoms with E-state index in [4.69, 9.17) is 9.47 Å². The number of rotatable bonds is 10. The molecule has 0 saturated heterocycles. The maximum Gasteiger partial charge on any atom is 0.359 e. The van der Waals surface area contributed by atoms with Crippen molar-refractivity contribution in [3.05, 3.63) is 29.8 Å². The molecule has 1 amide bonds. The molecule has 1 rings (SSSR count). The molecule has 0 radical (unpaired) electrons. The zero-order chi connectivity index (χ0) is 22.7. The predicted octanol–water partition coefficient (Wildman–Crippen LogP) is -0.457. The standard InChI is InChI=1S/C19H23NO10/c1-11(21)20-14(17(23)29-10-15(22)26-2)9-12-5-7-13(8-6-12)30-16(18(24)27-3)19(25)28-4/h5-8,14,16H,9-10H2,1-4H3,(H,20,21). The molecule has 1 atom stereocenters. The van der Waals surface area contributed by atoms with Crippen LogP contribution in [0.25, 0.3) is 0 Å². The average molecular weight is 425 g/mol. The van der Waals surface area contributed by atoms with Crippen LogP contribution in [0.3, 0.4) is 0 Å². The van der Waals surface area contributed by atoms with E-state index in [2.05, 4.69) is 19.5 Å². The van der Waals surface area contributed by atoms with Crippen LogP contribution in [0.5, 0.6) is 5.75 Å². The van der Waals surface area contributed by atoms with Gasteiger partial charge in [-0.2, -0.15) is 0 Å². The minimum absolute atomic E-state index is 0.0529. The molecule has 1 N–H and O–H groups in total. The van der Waals surface area contributed by atoms with Gasteiger partial charge in [-0.05, 0) is 17.7 Å². The lowest BCUT2D eigenvalue weighted by Gasteiger charge is -2.17. The highest BCUT2D eigenvalue weighted by Crippen LogP contribution is 2.16. The van der Waals surface area contributed by atoms with Gasteiger partial charge in [0.2, 0.25) is 5.91 Å². The highest BCUT2D eigenvalue weighted by Gasteiger charge is 2.31. The molecule has 0 aliphatic rings. The van der Waals surface area contributed by atoms with Gasteiger partial charge < -0.3 is 29.0 Å². The third-order valence-electron chi connectivity index (χ3n) is 3.67. The zero-order valence-corrected chi connectivity index (χ0v) is 17.0. The molecule has 0 spiro atoms. The molecule has 0 aliphatic carbocycles. The fraction of sp³-hybridized carbons (Fsp3) is 0.421. The highest BCUT2D eigenvalue weighted by molar-refractivity contribution is 5.98. The summed E-state index contributed by atoms with van der Waals surface area (Å²) in [5.74, 6) is -3.70. The Kier molecular flexibility index (Phi) is 9.80. The Morgan fingerprint density at radius 1 is 0.867 bits per heavy atom. The Balaban J connectivity index is 2.86. The molecule has 30 heavy (non-hydrogen) atoms. The van der Waals surface area contributed by atoms with Crippen LogP contribution >= 0.6 is 0 Å². The Hall–Kier alpha value is -3.63. The van der Waals surface area contributed by atoms with E-state index in [-0.39, 0.29) is 12.2 Å². The van der Waals surface area contributed by atoms with Gasteiger partial charge in [-0.15, -0.1) is 0 Å². The summed E-state index contributed by atoms with van der Waals surface area (Å²) in [6, 6.07) is 4.99. The summed E-state index contributed by atoms with van der Waals surface area (Å²) in [7, 11) is 3.36. The van der Waals surface area contributed by atoms with Crippen LogP contribution in [0.4, 0.5) is 0 Å². The number of carbonyl (C=O) groups is 5. The first-order chi connectivity index (χ1) is 14.2. The van der Waals surface area contributed by atoms with Crippen LogP contribution in [0, 0.1) is 0 Å². The molecule has 0 heterocycles. The third-order valence-corrected chi connectivity index (χ3v) is 3.67. The van der Waals surface area contributed by atoms with Gasteiger partial charge in [0.1, 0.15) is 11.8 Å². The van der Waals surface area contributed by atoms with Crippen LogP contribution in [0.2, 0.25) is 0 Å². The van der Waals surface area contributed by atoms with Gasteiger partial charge in [0.25, 0.3) is 6.10 Å². The summed E-state index contributed by atoms with van der Waals surface area (Å²) in [5, 5.41) is 2.44. The van der Waals surface area contributed by atoms with E-state index < -0.39 is 48.5 Å². The van der Waals surface area contributed by atoms with Crippen molar-refractivity contribution >= 4 is 29.8 Å². The number of esters is 4. The third kappa shape index (κ3) is 7.78. The highest BCUT2D eigenvalue weighted by atomic mass is 16.6. The van der Waals surface area contributed by atoms with Crippen LogP contribution in [-0.2, 0) is 49.3 Å². The lowest BCUT2D eigenvalue weighted by molar-refractivity contribution is -0.163. The largest absolute Gasteiger partial charge is 0.467 e. The number of benzene rings is 1. The Morgan fingerprint density at radius 2 is 1.43 bits per heavy atom. The van der Waals surface area contributed by atoms with Gasteiger partial charge in [-0.25, -0.2) is 19.2 Å². The summed E-state index contributed by atoms with van der Waals surface area (Å²) >= 11 is 0. The molecule has 0 fully saturated rings. The molecule has 1 aromatic rings. The first-order valence-corrected chi connectivity index (χ1v) is 8.63. The fourth-order valence-electron chi connectivity index (χ4n) is 2.21. The van der Waals surface area contributed by atoms with Crippen molar-refractivity contribution in [3.63, 3.8) is 0 Å². The molecule has 0 bridgehead atoms. The fourth-order valence-corrected chi connectivity index (χ4v) is 2.21. The SMILES string of the molecule is COC(=O)COC(=O)C(Cc1ccc(OC(C(=O)OC)C(=O)OC)cc1)NC(C)=O. The van der Waals surface area contributed by atoms with Gasteiger partial charge in [0.05, 0.1) is 21.3 Å². The molecule has 1 aromatic carbocycles. The van der Waals surface area contributed by atoms with Crippen molar-refractivity contribution in [2.75, 3.05) is 27.9 Å². The predicted molar refractivity (Wildman–Crippen MR) is 99.2 cm³/mol. The first kappa shape index (κ1) is 24.4. The molecule has 164 valence electrons. The van der Waals surface area contributed by atoms with Crippen LogP contribution in [0.1, 0.15) is 12.5 Å². The molecular formula is C19H23NO10. The first-order valence-electron chi connectivity index (χ1n) is 8.63. The van der Waals surface area contributed by atoms with Gasteiger partial charge in [-0.3, -0.25) is 4.79 Å². The van der Waals surface area contributed by atoms with E-state index in [1.807, 2.05) is 0 Å². The Bertz CT molecular complexity index is 758. The molecule has 0 aliphatic heterocycles. The number of ether oxygens (including phenoxy) is 5. The van der Waals surface area contributed by atoms with Gasteiger partial charge in [0, 0.05) is 13.3 Å². The summed E-state index contributed by atoms with van der Waals surface area (Å²) in [4.78, 5) is 58.0. The quantitative estimate of drug-likeness (QED) is 0.297. The normalized spacial score (nSPS) is 11.1. The minimum Gasteiger partial charge on any atom is -0.467 e. The van der Waals surface area contributed by atoms with Gasteiger partial charge >= 0.3 is 23.9 Å². The summed E-state index contributed by atoms with van der Waals surface area (Å²) in [5.41, 5.74) is 0.601. The Labute approximate surface area is 172 Å². The second kappa shape index (κ2) is 12.0. The number of hydrogen-bond donors (Lipinski definition) is 1. The van der Waals surface area contributed by atoms with Gasteiger partial charge in [-0.1, -0.05) is 12.1 Å². The van der Waals surface area contributed by atoms with Crippen molar-refractivity contribution in [1.82, 2.24) is 5.32 Å². The van der Waals surface area contributed by atoms with Crippen LogP contribution in [0.15, 0.2) is 24.3 Å².